The predicted molar refractivity (Wildman–Crippen MR) is 350 cm³/mol. The first-order valence-electron chi connectivity index (χ1n) is 29.0. The molecule has 83 heavy (non-hydrogen) atoms. The highest BCUT2D eigenvalue weighted by Crippen LogP contribution is 2.54. The lowest BCUT2D eigenvalue weighted by Crippen LogP contribution is -2.16. The first-order valence-corrected chi connectivity index (χ1v) is 29.0. The van der Waals surface area contributed by atoms with Crippen LogP contribution in [0.5, 0.6) is 0 Å². The molecule has 0 saturated heterocycles. The van der Waals surface area contributed by atoms with Crippen molar-refractivity contribution >= 4 is 80.0 Å². The Kier molecular flexibility index (Phi) is 11.5. The van der Waals surface area contributed by atoms with Crippen LogP contribution in [0.1, 0.15) is 97.2 Å². The Bertz CT molecular complexity index is 4360. The second-order valence-corrected chi connectivity index (χ2v) is 24.4. The largest absolute Gasteiger partial charge is 0.310 e. The molecule has 4 nitrogen and oxygen atoms in total. The monoisotopic (exact) mass is 1070 g/mol. The average molecular weight is 1070 g/mol. The lowest BCUT2D eigenvalue weighted by atomic mass is 9.81. The van der Waals surface area contributed by atoms with Gasteiger partial charge in [-0.1, -0.05) is 211 Å². The molecule has 12 aromatic rings. The minimum atomic E-state index is -0.198. The lowest BCUT2D eigenvalue weighted by molar-refractivity contribution is 0.660. The molecule has 3 aliphatic carbocycles. The third kappa shape index (κ3) is 8.34. The summed E-state index contributed by atoms with van der Waals surface area (Å²) >= 11 is 0. The molecule has 0 atom stereocenters. The molecule has 0 unspecified atom stereocenters. The van der Waals surface area contributed by atoms with Crippen LogP contribution in [0, 0.1) is 0 Å². The van der Waals surface area contributed by atoms with Gasteiger partial charge >= 0.3 is 0 Å². The van der Waals surface area contributed by atoms with E-state index in [1.807, 2.05) is 24.8 Å². The van der Waals surface area contributed by atoms with Crippen molar-refractivity contribution in [2.24, 2.45) is 0 Å². The van der Waals surface area contributed by atoms with Crippen LogP contribution in [-0.4, -0.2) is 9.97 Å². The maximum Gasteiger partial charge on any atom is 0.0492 e. The van der Waals surface area contributed by atoms with Gasteiger partial charge in [-0.15, -0.1) is 0 Å². The lowest BCUT2D eigenvalue weighted by Gasteiger charge is -2.28. The molecular weight excluding hydrogens is 1000 g/mol. The third-order valence-electron chi connectivity index (χ3n) is 18.4. The van der Waals surface area contributed by atoms with Crippen molar-refractivity contribution in [3.8, 4) is 33.4 Å². The molecule has 0 N–H and O–H groups in total. The van der Waals surface area contributed by atoms with Crippen LogP contribution < -0.4 is 9.80 Å². The normalized spacial score (nSPS) is 14.6. The summed E-state index contributed by atoms with van der Waals surface area (Å²) in [5.74, 6) is 0. The molecule has 0 bridgehead atoms. The molecule has 15 rings (SSSR count). The molecule has 398 valence electrons. The van der Waals surface area contributed by atoms with Gasteiger partial charge in [-0.25, -0.2) is 0 Å². The van der Waals surface area contributed by atoms with E-state index in [4.69, 9.17) is 0 Å². The third-order valence-corrected chi connectivity index (χ3v) is 18.4. The van der Waals surface area contributed by atoms with Crippen LogP contribution in [0.4, 0.5) is 34.1 Å². The molecule has 0 radical (unpaired) electrons. The highest BCUT2D eigenvalue weighted by atomic mass is 15.1. The summed E-state index contributed by atoms with van der Waals surface area (Å²) in [5.41, 5.74) is 26.9. The van der Waals surface area contributed by atoms with Gasteiger partial charge in [-0.2, -0.15) is 0 Å². The zero-order valence-electron chi connectivity index (χ0n) is 47.7. The summed E-state index contributed by atoms with van der Waals surface area (Å²) in [5, 5.41) is 4.89. The van der Waals surface area contributed by atoms with Gasteiger partial charge in [-0.3, -0.25) is 9.97 Å². The molecule has 4 heteroatoms. The predicted octanol–water partition coefficient (Wildman–Crippen LogP) is 21.0. The first kappa shape index (κ1) is 50.1. The summed E-state index contributed by atoms with van der Waals surface area (Å²) < 4.78 is 0. The number of nitrogens with zero attached hydrogens (tertiary/aromatic N) is 4. The summed E-state index contributed by atoms with van der Waals surface area (Å²) in [6.45, 7) is 14.3. The van der Waals surface area contributed by atoms with Gasteiger partial charge in [0.05, 0.1) is 0 Å². The van der Waals surface area contributed by atoms with Crippen molar-refractivity contribution in [3.63, 3.8) is 0 Å². The minimum absolute atomic E-state index is 0.161. The average Bonchev–Trinajstić information content (AvgIpc) is 4.02. The van der Waals surface area contributed by atoms with Crippen LogP contribution in [0.2, 0.25) is 0 Å². The number of fused-ring (bicyclic) bond motifs is 11. The van der Waals surface area contributed by atoms with E-state index < -0.39 is 0 Å². The van der Waals surface area contributed by atoms with Gasteiger partial charge in [0.2, 0.25) is 0 Å². The number of hydrogen-bond acceptors (Lipinski definition) is 4. The van der Waals surface area contributed by atoms with Gasteiger partial charge in [0.25, 0.3) is 0 Å². The standard InChI is InChI=1S/C79H62N4/c1-77(2)71-43-51(15-17-53-21-31-67-69-33-27-63(49-75(69)78(3,4)73(67)45-53)82(59-35-39-80-40-36-59)61-25-23-55-11-7-9-13-57(55)47-61)19-29-65(71)66-30-20-52(44-72(66)77)16-18-54-22-32-68-70-34-28-64(50-76(70)79(5,6)74(68)46-54)83(60-37-41-81-42-38-60)62-26-24-56-12-8-10-14-58(56)48-62/h7-50H,1-6H3/b17-15+,18-16+. The van der Waals surface area contributed by atoms with Crippen molar-refractivity contribution in [3.05, 3.63) is 299 Å². The molecule has 2 aromatic heterocycles. The minimum Gasteiger partial charge on any atom is -0.310 e. The molecule has 0 aliphatic heterocycles. The number of anilines is 6. The van der Waals surface area contributed by atoms with Crippen LogP contribution in [0.15, 0.2) is 243 Å². The van der Waals surface area contributed by atoms with E-state index in [9.17, 15) is 0 Å². The topological polar surface area (TPSA) is 32.3 Å². The Labute approximate surface area is 487 Å². The number of benzene rings is 10. The van der Waals surface area contributed by atoms with E-state index in [2.05, 4.69) is 304 Å². The highest BCUT2D eigenvalue weighted by Gasteiger charge is 2.39. The molecule has 0 spiro atoms. The van der Waals surface area contributed by atoms with Crippen molar-refractivity contribution < 1.29 is 0 Å². The van der Waals surface area contributed by atoms with Crippen LogP contribution in [0.25, 0.3) is 79.2 Å². The number of rotatable bonds is 10. The Balaban J connectivity index is 0.665. The molecular formula is C79H62N4. The van der Waals surface area contributed by atoms with Crippen molar-refractivity contribution in [2.45, 2.75) is 57.8 Å². The molecule has 0 saturated carbocycles. The van der Waals surface area contributed by atoms with Gasteiger partial charge < -0.3 is 9.80 Å². The second kappa shape index (κ2) is 19.1. The van der Waals surface area contributed by atoms with Crippen LogP contribution in [0.3, 0.4) is 0 Å². The number of aromatic nitrogens is 2. The van der Waals surface area contributed by atoms with Gasteiger partial charge in [0.1, 0.15) is 0 Å². The Morgan fingerprint density at radius 1 is 0.253 bits per heavy atom. The van der Waals surface area contributed by atoms with Crippen molar-refractivity contribution in [1.82, 2.24) is 9.97 Å². The van der Waals surface area contributed by atoms with E-state index in [1.165, 1.54) is 111 Å². The summed E-state index contributed by atoms with van der Waals surface area (Å²) in [4.78, 5) is 13.4. The Morgan fingerprint density at radius 3 is 0.843 bits per heavy atom. The summed E-state index contributed by atoms with van der Waals surface area (Å²) in [6, 6.07) is 81.0. The van der Waals surface area contributed by atoms with Gasteiger partial charge in [-0.05, 0) is 183 Å². The summed E-state index contributed by atoms with van der Waals surface area (Å²) in [7, 11) is 0. The maximum atomic E-state index is 4.36. The van der Waals surface area contributed by atoms with E-state index in [0.717, 1.165) is 34.1 Å². The Morgan fingerprint density at radius 2 is 0.518 bits per heavy atom. The molecule has 0 fully saturated rings. The quantitative estimate of drug-likeness (QED) is 0.128. The Hall–Kier alpha value is -9.90. The maximum absolute atomic E-state index is 4.36. The van der Waals surface area contributed by atoms with Crippen molar-refractivity contribution in [2.75, 3.05) is 9.80 Å². The zero-order chi connectivity index (χ0) is 56.2. The molecule has 2 heterocycles. The zero-order valence-corrected chi connectivity index (χ0v) is 47.7. The number of pyridine rings is 2. The van der Waals surface area contributed by atoms with E-state index in [1.54, 1.807) is 0 Å². The summed E-state index contributed by atoms with van der Waals surface area (Å²) in [6.07, 6.45) is 16.7. The van der Waals surface area contributed by atoms with E-state index in [0.29, 0.717) is 0 Å². The highest BCUT2D eigenvalue weighted by molar-refractivity contribution is 5.94. The smallest absolute Gasteiger partial charge is 0.0492 e. The fourth-order valence-corrected chi connectivity index (χ4v) is 13.8. The number of hydrogen-bond donors (Lipinski definition) is 0. The fourth-order valence-electron chi connectivity index (χ4n) is 13.8. The van der Waals surface area contributed by atoms with E-state index in [-0.39, 0.29) is 16.2 Å². The van der Waals surface area contributed by atoms with Crippen LogP contribution >= 0.6 is 0 Å². The fraction of sp³-hybridized carbons (Fsp3) is 0.114. The first-order chi connectivity index (χ1) is 40.4. The van der Waals surface area contributed by atoms with Crippen LogP contribution in [-0.2, 0) is 16.2 Å². The van der Waals surface area contributed by atoms with E-state index >= 15 is 0 Å². The molecule has 10 aromatic carbocycles. The molecule has 0 amide bonds. The van der Waals surface area contributed by atoms with Gasteiger partial charge in [0.15, 0.2) is 0 Å². The second-order valence-electron chi connectivity index (χ2n) is 24.4. The SMILES string of the molecule is CC1(C)c2cc(/C=C/c3ccc4c(c3)C(C)(C)c3cc(N(c5ccncc5)c5ccc6ccccc6c5)ccc3-4)ccc2-c2ccc(/C=C/c3ccc4c(c3)C(C)(C)c3cc(N(c5ccncc5)c5ccc6ccccc6c5)ccc3-4)cc21. The molecule has 3 aliphatic rings. The van der Waals surface area contributed by atoms with Crippen molar-refractivity contribution in [1.29, 1.82) is 0 Å². The van der Waals surface area contributed by atoms with Gasteiger partial charge in [0, 0.05) is 75.2 Å².